The van der Waals surface area contributed by atoms with Crippen LogP contribution < -0.4 is 5.32 Å². The van der Waals surface area contributed by atoms with E-state index in [4.69, 9.17) is 11.6 Å². The smallest absolute Gasteiger partial charge is 0.317 e. The van der Waals surface area contributed by atoms with Crippen LogP contribution in [0.25, 0.3) is 10.9 Å². The number of hydrogen-bond donors (Lipinski definition) is 2. The van der Waals surface area contributed by atoms with Gasteiger partial charge >= 0.3 is 6.03 Å². The van der Waals surface area contributed by atoms with E-state index in [1.165, 1.54) is 0 Å². The number of aromatic nitrogens is 1. The molecule has 2 aromatic rings. The Bertz CT molecular complexity index is 722. The first-order valence-corrected chi connectivity index (χ1v) is 8.69. The fourth-order valence-electron chi connectivity index (χ4n) is 3.27. The van der Waals surface area contributed by atoms with Gasteiger partial charge in [-0.2, -0.15) is 0 Å². The number of halogens is 1. The lowest BCUT2D eigenvalue weighted by Gasteiger charge is -2.21. The summed E-state index contributed by atoms with van der Waals surface area (Å²) in [6, 6.07) is 6.52. The highest BCUT2D eigenvalue weighted by Gasteiger charge is 2.24. The molecule has 5 heteroatoms. The molecule has 2 amide bonds. The van der Waals surface area contributed by atoms with E-state index in [2.05, 4.69) is 43.2 Å². The fourth-order valence-corrected chi connectivity index (χ4v) is 3.67. The molecule has 1 aromatic heterocycles. The third kappa shape index (κ3) is 3.32. The topological polar surface area (TPSA) is 48.1 Å². The van der Waals surface area contributed by atoms with E-state index < -0.39 is 0 Å². The van der Waals surface area contributed by atoms with Gasteiger partial charge in [-0.15, -0.1) is 0 Å². The Morgan fingerprint density at radius 3 is 2.87 bits per heavy atom. The average molecular weight is 334 g/mol. The average Bonchev–Trinajstić information content (AvgIpc) is 3.09. The van der Waals surface area contributed by atoms with Crippen LogP contribution in [0, 0.1) is 0 Å². The van der Waals surface area contributed by atoms with Crippen LogP contribution in [-0.2, 0) is 6.54 Å². The number of fused-ring (bicyclic) bond motifs is 1. The van der Waals surface area contributed by atoms with Gasteiger partial charge in [0.25, 0.3) is 0 Å². The monoisotopic (exact) mass is 333 g/mol. The maximum absolute atomic E-state index is 12.2. The summed E-state index contributed by atoms with van der Waals surface area (Å²) in [4.78, 5) is 17.5. The van der Waals surface area contributed by atoms with Gasteiger partial charge in [-0.25, -0.2) is 4.79 Å². The second kappa shape index (κ2) is 6.44. The number of aromatic amines is 1. The Labute approximate surface area is 142 Å². The minimum atomic E-state index is 0.0227. The Hall–Kier alpha value is -1.68. The van der Waals surface area contributed by atoms with Crippen LogP contribution in [0.15, 0.2) is 18.2 Å². The summed E-state index contributed by atoms with van der Waals surface area (Å²) >= 11 is 6.35. The van der Waals surface area contributed by atoms with Crippen molar-refractivity contribution < 1.29 is 4.79 Å². The van der Waals surface area contributed by atoms with Gasteiger partial charge in [0, 0.05) is 34.2 Å². The van der Waals surface area contributed by atoms with Gasteiger partial charge in [-0.1, -0.05) is 25.4 Å². The van der Waals surface area contributed by atoms with Crippen molar-refractivity contribution in [1.29, 1.82) is 0 Å². The van der Waals surface area contributed by atoms with E-state index >= 15 is 0 Å². The van der Waals surface area contributed by atoms with E-state index in [1.54, 1.807) is 0 Å². The molecule has 1 aliphatic rings. The second-order valence-electron chi connectivity index (χ2n) is 6.75. The quantitative estimate of drug-likeness (QED) is 0.844. The predicted molar refractivity (Wildman–Crippen MR) is 95.0 cm³/mol. The van der Waals surface area contributed by atoms with Crippen LogP contribution >= 0.6 is 11.6 Å². The molecule has 2 N–H and O–H groups in total. The van der Waals surface area contributed by atoms with Crippen molar-refractivity contribution >= 4 is 28.5 Å². The molecule has 3 rings (SSSR count). The number of urea groups is 1. The molecule has 1 atom stereocenters. The highest BCUT2D eigenvalue weighted by atomic mass is 35.5. The van der Waals surface area contributed by atoms with E-state index in [1.807, 2.05) is 11.0 Å². The zero-order valence-corrected chi connectivity index (χ0v) is 14.7. The highest BCUT2D eigenvalue weighted by Crippen LogP contribution is 2.29. The summed E-state index contributed by atoms with van der Waals surface area (Å²) in [5.74, 6) is 0.384. The van der Waals surface area contributed by atoms with Crippen molar-refractivity contribution in [1.82, 2.24) is 15.2 Å². The third-order valence-electron chi connectivity index (χ3n) is 4.66. The van der Waals surface area contributed by atoms with Crippen LogP contribution in [0.4, 0.5) is 4.79 Å². The summed E-state index contributed by atoms with van der Waals surface area (Å²) in [7, 11) is 0. The maximum Gasteiger partial charge on any atom is 0.317 e. The van der Waals surface area contributed by atoms with E-state index in [0.717, 1.165) is 46.6 Å². The Morgan fingerprint density at radius 1 is 1.43 bits per heavy atom. The molecule has 0 bridgehead atoms. The molecule has 1 saturated heterocycles. The van der Waals surface area contributed by atoms with Crippen LogP contribution in [0.3, 0.4) is 0 Å². The lowest BCUT2D eigenvalue weighted by molar-refractivity contribution is 0.195. The summed E-state index contributed by atoms with van der Waals surface area (Å²) in [5.41, 5.74) is 3.21. The fraction of sp³-hybridized carbons (Fsp3) is 0.500. The Balaban J connectivity index is 1.72. The predicted octanol–water partition coefficient (Wildman–Crippen LogP) is 4.64. The molecule has 1 unspecified atom stereocenters. The molecule has 0 spiro atoms. The van der Waals surface area contributed by atoms with E-state index in [-0.39, 0.29) is 6.03 Å². The number of nitrogens with zero attached hydrogens (tertiary/aromatic N) is 1. The van der Waals surface area contributed by atoms with Gasteiger partial charge in [-0.05, 0) is 49.4 Å². The Kier molecular flexibility index (Phi) is 4.53. The highest BCUT2D eigenvalue weighted by molar-refractivity contribution is 6.32. The van der Waals surface area contributed by atoms with Gasteiger partial charge in [-0.3, -0.25) is 0 Å². The number of hydrogen-bond acceptors (Lipinski definition) is 1. The minimum Gasteiger partial charge on any atom is -0.357 e. The number of carbonyl (C=O) groups excluding carboxylic acids is 1. The van der Waals surface area contributed by atoms with Gasteiger partial charge < -0.3 is 15.2 Å². The van der Waals surface area contributed by atoms with Gasteiger partial charge in [0.05, 0.1) is 6.54 Å². The normalized spacial score (nSPS) is 18.1. The van der Waals surface area contributed by atoms with Gasteiger partial charge in [0.1, 0.15) is 0 Å². The number of amides is 2. The van der Waals surface area contributed by atoms with Crippen molar-refractivity contribution in [3.05, 3.63) is 34.5 Å². The first kappa shape index (κ1) is 16.2. The van der Waals surface area contributed by atoms with Crippen molar-refractivity contribution in [2.75, 3.05) is 6.54 Å². The summed E-state index contributed by atoms with van der Waals surface area (Å²) < 4.78 is 0. The number of carbonyl (C=O) groups is 1. The first-order valence-electron chi connectivity index (χ1n) is 8.31. The van der Waals surface area contributed by atoms with E-state index in [9.17, 15) is 4.79 Å². The molecule has 23 heavy (non-hydrogen) atoms. The number of likely N-dealkylation sites (tertiary alicyclic amines) is 1. The van der Waals surface area contributed by atoms with Crippen LogP contribution in [-0.4, -0.2) is 28.5 Å². The number of rotatable bonds is 3. The van der Waals surface area contributed by atoms with Crippen molar-refractivity contribution in [3.8, 4) is 0 Å². The minimum absolute atomic E-state index is 0.0227. The van der Waals surface area contributed by atoms with Gasteiger partial charge in [0.15, 0.2) is 0 Å². The van der Waals surface area contributed by atoms with Crippen LogP contribution in [0.5, 0.6) is 0 Å². The van der Waals surface area contributed by atoms with Crippen LogP contribution in [0.1, 0.15) is 50.8 Å². The molecule has 4 nitrogen and oxygen atoms in total. The third-order valence-corrected chi connectivity index (χ3v) is 4.99. The lowest BCUT2D eigenvalue weighted by Crippen LogP contribution is -2.41. The number of benzene rings is 1. The Morgan fingerprint density at radius 2 is 2.22 bits per heavy atom. The maximum atomic E-state index is 12.2. The SMILES string of the molecule is CC(C)c1cc2[nH]c(CNC(=O)N3CCCC3C)cc2cc1Cl. The second-order valence-corrected chi connectivity index (χ2v) is 7.16. The van der Waals surface area contributed by atoms with E-state index in [0.29, 0.717) is 18.5 Å². The molecule has 0 saturated carbocycles. The molecule has 1 aliphatic heterocycles. The summed E-state index contributed by atoms with van der Waals surface area (Å²) in [6.45, 7) is 7.73. The largest absolute Gasteiger partial charge is 0.357 e. The molecular formula is C18H24ClN3O. The van der Waals surface area contributed by atoms with Crippen LogP contribution in [0.2, 0.25) is 5.02 Å². The van der Waals surface area contributed by atoms with Gasteiger partial charge in [0.2, 0.25) is 0 Å². The van der Waals surface area contributed by atoms with Crippen molar-refractivity contribution in [2.45, 2.75) is 52.1 Å². The molecular weight excluding hydrogens is 310 g/mol. The molecule has 124 valence electrons. The molecule has 0 aliphatic carbocycles. The van der Waals surface area contributed by atoms with Crippen molar-refractivity contribution in [2.24, 2.45) is 0 Å². The summed E-state index contributed by atoms with van der Waals surface area (Å²) in [5, 5.41) is 4.89. The number of nitrogens with one attached hydrogen (secondary N) is 2. The zero-order chi connectivity index (χ0) is 16.6. The zero-order valence-electron chi connectivity index (χ0n) is 13.9. The standard InChI is InChI=1S/C18H24ClN3O/c1-11(2)15-9-17-13(8-16(15)19)7-14(21-17)10-20-18(23)22-6-4-5-12(22)3/h7-9,11-12,21H,4-6,10H2,1-3H3,(H,20,23). The molecule has 2 heterocycles. The molecule has 0 radical (unpaired) electrons. The molecule has 1 aromatic carbocycles. The number of H-pyrrole nitrogens is 1. The first-order chi connectivity index (χ1) is 11.0. The lowest BCUT2D eigenvalue weighted by atomic mass is 10.0. The molecule has 1 fully saturated rings. The summed E-state index contributed by atoms with van der Waals surface area (Å²) in [6.07, 6.45) is 2.19. The van der Waals surface area contributed by atoms with Crippen molar-refractivity contribution in [3.63, 3.8) is 0 Å².